The molecule has 4 nitrogen and oxygen atoms in total. The molecule has 0 radical (unpaired) electrons. The lowest BCUT2D eigenvalue weighted by molar-refractivity contribution is -0.144. The van der Waals surface area contributed by atoms with Crippen molar-refractivity contribution in [3.05, 3.63) is 0 Å². The second kappa shape index (κ2) is 3.01. The quantitative estimate of drug-likeness (QED) is 0.689. The SMILES string of the molecule is CCN1C(=O)C[C@H](C(=O)O)C1(C)C. The molecule has 0 aliphatic carbocycles. The molecule has 1 atom stereocenters. The minimum Gasteiger partial charge on any atom is -0.481 e. The predicted molar refractivity (Wildman–Crippen MR) is 47.2 cm³/mol. The first kappa shape index (κ1) is 10.0. The van der Waals surface area contributed by atoms with E-state index >= 15 is 0 Å². The standard InChI is InChI=1S/C9H15NO3/c1-4-10-7(11)5-6(8(12)13)9(10,2)3/h6H,4-5H2,1-3H3,(H,12,13)/t6-/m1/s1. The van der Waals surface area contributed by atoms with Gasteiger partial charge in [0.25, 0.3) is 0 Å². The number of nitrogens with zero attached hydrogens (tertiary/aromatic N) is 1. The average Bonchev–Trinajstić information content (AvgIpc) is 2.21. The van der Waals surface area contributed by atoms with E-state index < -0.39 is 17.4 Å². The molecular weight excluding hydrogens is 170 g/mol. The smallest absolute Gasteiger partial charge is 0.309 e. The van der Waals surface area contributed by atoms with Crippen LogP contribution in [0.5, 0.6) is 0 Å². The maximum Gasteiger partial charge on any atom is 0.309 e. The Kier molecular flexibility index (Phi) is 2.32. The van der Waals surface area contributed by atoms with Crippen molar-refractivity contribution < 1.29 is 14.7 Å². The second-order valence-corrected chi connectivity index (χ2v) is 3.89. The molecule has 1 aliphatic heterocycles. The Bertz CT molecular complexity index is 247. The number of carbonyl (C=O) groups excluding carboxylic acids is 1. The van der Waals surface area contributed by atoms with Crippen LogP contribution in [0.15, 0.2) is 0 Å². The summed E-state index contributed by atoms with van der Waals surface area (Å²) in [5, 5.41) is 8.90. The molecule has 0 aromatic heterocycles. The van der Waals surface area contributed by atoms with Crippen LogP contribution in [0.4, 0.5) is 0 Å². The average molecular weight is 185 g/mol. The van der Waals surface area contributed by atoms with Gasteiger partial charge in [0.05, 0.1) is 11.5 Å². The molecule has 0 aromatic rings. The van der Waals surface area contributed by atoms with Crippen molar-refractivity contribution in [3.63, 3.8) is 0 Å². The molecule has 1 heterocycles. The van der Waals surface area contributed by atoms with Crippen LogP contribution in [0.25, 0.3) is 0 Å². The van der Waals surface area contributed by atoms with Crippen molar-refractivity contribution >= 4 is 11.9 Å². The largest absolute Gasteiger partial charge is 0.481 e. The number of hydrogen-bond donors (Lipinski definition) is 1. The lowest BCUT2D eigenvalue weighted by Crippen LogP contribution is -2.45. The molecule has 0 unspecified atom stereocenters. The Morgan fingerprint density at radius 3 is 2.46 bits per heavy atom. The van der Waals surface area contributed by atoms with E-state index in [1.165, 1.54) is 0 Å². The number of aliphatic carboxylic acids is 1. The number of amides is 1. The molecule has 1 fully saturated rings. The van der Waals surface area contributed by atoms with Crippen molar-refractivity contribution in [2.24, 2.45) is 5.92 Å². The van der Waals surface area contributed by atoms with Crippen LogP contribution < -0.4 is 0 Å². The van der Waals surface area contributed by atoms with Crippen LogP contribution in [-0.2, 0) is 9.59 Å². The normalized spacial score (nSPS) is 26.5. The highest BCUT2D eigenvalue weighted by Gasteiger charge is 2.48. The minimum absolute atomic E-state index is 0.0556. The van der Waals surface area contributed by atoms with E-state index in [2.05, 4.69) is 0 Å². The maximum absolute atomic E-state index is 11.4. The second-order valence-electron chi connectivity index (χ2n) is 3.89. The number of hydrogen-bond acceptors (Lipinski definition) is 2. The highest BCUT2D eigenvalue weighted by Crippen LogP contribution is 2.35. The highest BCUT2D eigenvalue weighted by atomic mass is 16.4. The van der Waals surface area contributed by atoms with Crippen molar-refractivity contribution in [1.82, 2.24) is 4.90 Å². The van der Waals surface area contributed by atoms with Gasteiger partial charge in [-0.25, -0.2) is 0 Å². The van der Waals surface area contributed by atoms with E-state index in [1.54, 1.807) is 18.7 Å². The third kappa shape index (κ3) is 1.41. The molecule has 1 N–H and O–H groups in total. The van der Waals surface area contributed by atoms with Gasteiger partial charge in [-0.15, -0.1) is 0 Å². The van der Waals surface area contributed by atoms with Gasteiger partial charge < -0.3 is 10.0 Å². The van der Waals surface area contributed by atoms with Crippen molar-refractivity contribution in [1.29, 1.82) is 0 Å². The lowest BCUT2D eigenvalue weighted by Gasteiger charge is -2.33. The topological polar surface area (TPSA) is 57.6 Å². The summed E-state index contributed by atoms with van der Waals surface area (Å²) in [5.41, 5.74) is -0.544. The maximum atomic E-state index is 11.4. The first-order valence-electron chi connectivity index (χ1n) is 4.44. The van der Waals surface area contributed by atoms with Crippen molar-refractivity contribution in [2.45, 2.75) is 32.7 Å². The van der Waals surface area contributed by atoms with Crippen molar-refractivity contribution in [3.8, 4) is 0 Å². The van der Waals surface area contributed by atoms with Gasteiger partial charge in [0.2, 0.25) is 5.91 Å². The first-order chi connectivity index (χ1) is 5.91. The summed E-state index contributed by atoms with van der Waals surface area (Å²) >= 11 is 0. The summed E-state index contributed by atoms with van der Waals surface area (Å²) in [6, 6.07) is 0. The Balaban J connectivity index is 2.95. The molecule has 1 saturated heterocycles. The third-order valence-corrected chi connectivity index (χ3v) is 2.84. The Labute approximate surface area is 77.5 Å². The number of rotatable bonds is 2. The summed E-state index contributed by atoms with van der Waals surface area (Å²) in [6.45, 7) is 6.06. The van der Waals surface area contributed by atoms with Crippen LogP contribution >= 0.6 is 0 Å². The Hall–Kier alpha value is -1.06. The first-order valence-corrected chi connectivity index (χ1v) is 4.44. The minimum atomic E-state index is -0.880. The van der Waals surface area contributed by atoms with E-state index in [1.807, 2.05) is 6.92 Å². The molecule has 4 heteroatoms. The van der Waals surface area contributed by atoms with Gasteiger partial charge in [-0.3, -0.25) is 9.59 Å². The van der Waals surface area contributed by atoms with Gasteiger partial charge in [-0.2, -0.15) is 0 Å². The highest BCUT2D eigenvalue weighted by molar-refractivity contribution is 5.88. The summed E-state index contributed by atoms with van der Waals surface area (Å²) in [7, 11) is 0. The van der Waals surface area contributed by atoms with E-state index in [-0.39, 0.29) is 12.3 Å². The Morgan fingerprint density at radius 2 is 2.23 bits per heavy atom. The van der Waals surface area contributed by atoms with E-state index in [4.69, 9.17) is 5.11 Å². The molecule has 74 valence electrons. The summed E-state index contributed by atoms with van der Waals surface area (Å²) in [5.74, 6) is -1.51. The fraction of sp³-hybridized carbons (Fsp3) is 0.778. The molecule has 0 saturated carbocycles. The molecule has 1 aliphatic rings. The molecule has 0 bridgehead atoms. The van der Waals surface area contributed by atoms with E-state index in [0.29, 0.717) is 6.54 Å². The van der Waals surface area contributed by atoms with Crippen LogP contribution in [0.3, 0.4) is 0 Å². The zero-order chi connectivity index (χ0) is 10.2. The lowest BCUT2D eigenvalue weighted by atomic mass is 9.88. The van der Waals surface area contributed by atoms with Gasteiger partial charge >= 0.3 is 5.97 Å². The van der Waals surface area contributed by atoms with E-state index in [0.717, 1.165) is 0 Å². The van der Waals surface area contributed by atoms with Crippen LogP contribution in [-0.4, -0.2) is 34.0 Å². The monoisotopic (exact) mass is 185 g/mol. The fourth-order valence-electron chi connectivity index (χ4n) is 2.02. The van der Waals surface area contributed by atoms with Gasteiger partial charge in [0, 0.05) is 13.0 Å². The molecule has 13 heavy (non-hydrogen) atoms. The zero-order valence-electron chi connectivity index (χ0n) is 8.20. The Morgan fingerprint density at radius 1 is 1.69 bits per heavy atom. The molecule has 0 spiro atoms. The molecule has 1 rings (SSSR count). The zero-order valence-corrected chi connectivity index (χ0v) is 8.20. The van der Waals surface area contributed by atoms with Crippen LogP contribution in [0.1, 0.15) is 27.2 Å². The predicted octanol–water partition coefficient (Wildman–Crippen LogP) is 0.718. The van der Waals surface area contributed by atoms with E-state index in [9.17, 15) is 9.59 Å². The van der Waals surface area contributed by atoms with Gasteiger partial charge in [0.1, 0.15) is 0 Å². The molecular formula is C9H15NO3. The van der Waals surface area contributed by atoms with Crippen LogP contribution in [0.2, 0.25) is 0 Å². The summed E-state index contributed by atoms with van der Waals surface area (Å²) in [4.78, 5) is 23.9. The van der Waals surface area contributed by atoms with Gasteiger partial charge in [0.15, 0.2) is 0 Å². The number of carboxylic acid groups (broad SMARTS) is 1. The number of carbonyl (C=O) groups is 2. The fourth-order valence-corrected chi connectivity index (χ4v) is 2.02. The summed E-state index contributed by atoms with van der Waals surface area (Å²) < 4.78 is 0. The molecule has 1 amide bonds. The van der Waals surface area contributed by atoms with Crippen molar-refractivity contribution in [2.75, 3.05) is 6.54 Å². The van der Waals surface area contributed by atoms with Gasteiger partial charge in [-0.05, 0) is 20.8 Å². The van der Waals surface area contributed by atoms with Crippen LogP contribution in [0, 0.1) is 5.92 Å². The molecule has 0 aromatic carbocycles. The third-order valence-electron chi connectivity index (χ3n) is 2.84. The summed E-state index contributed by atoms with van der Waals surface area (Å²) in [6.07, 6.45) is 0.135. The van der Waals surface area contributed by atoms with Gasteiger partial charge in [-0.1, -0.05) is 0 Å². The number of likely N-dealkylation sites (tertiary alicyclic amines) is 1. The number of carboxylic acids is 1.